The van der Waals surface area contributed by atoms with E-state index in [1.165, 1.54) is 7.11 Å². The van der Waals surface area contributed by atoms with Crippen LogP contribution in [-0.4, -0.2) is 67.6 Å². The van der Waals surface area contributed by atoms with Crippen LogP contribution in [0, 0.1) is 11.8 Å². The van der Waals surface area contributed by atoms with Crippen molar-refractivity contribution in [3.05, 3.63) is 0 Å². The number of hydrogen-bond acceptors (Lipinski definition) is 5. The number of carbonyl (C=O) groups is 2. The molecule has 2 aliphatic rings. The quantitative estimate of drug-likeness (QED) is 0.743. The highest BCUT2D eigenvalue weighted by Crippen LogP contribution is 2.23. The molecule has 0 aliphatic carbocycles. The lowest BCUT2D eigenvalue weighted by Gasteiger charge is -2.32. The number of carbonyl (C=O) groups excluding carboxylic acids is 2. The fourth-order valence-corrected chi connectivity index (χ4v) is 3.41. The molecule has 0 aromatic rings. The summed E-state index contributed by atoms with van der Waals surface area (Å²) in [7, 11) is 1.42. The van der Waals surface area contributed by atoms with E-state index < -0.39 is 0 Å². The number of ether oxygens (including phenoxy) is 1. The van der Waals surface area contributed by atoms with Crippen molar-refractivity contribution >= 4 is 11.9 Å². The molecule has 0 radical (unpaired) electrons. The zero-order valence-corrected chi connectivity index (χ0v) is 13.1. The van der Waals surface area contributed by atoms with Crippen molar-refractivity contribution in [1.82, 2.24) is 9.80 Å². The van der Waals surface area contributed by atoms with E-state index in [1.807, 2.05) is 4.90 Å². The number of hydrogen-bond donors (Lipinski definition) is 1. The lowest BCUT2D eigenvalue weighted by molar-refractivity contribution is -0.149. The molecule has 0 bridgehead atoms. The van der Waals surface area contributed by atoms with Crippen LogP contribution < -0.4 is 5.73 Å². The molecule has 2 N–H and O–H groups in total. The molecule has 0 spiro atoms. The molecule has 2 aliphatic heterocycles. The van der Waals surface area contributed by atoms with Crippen molar-refractivity contribution in [2.75, 3.05) is 39.8 Å². The maximum atomic E-state index is 12.4. The third kappa shape index (κ3) is 3.95. The summed E-state index contributed by atoms with van der Waals surface area (Å²) in [5.74, 6) is 0.480. The van der Waals surface area contributed by atoms with Crippen molar-refractivity contribution < 1.29 is 14.3 Å². The van der Waals surface area contributed by atoms with Gasteiger partial charge in [0.25, 0.3) is 0 Å². The maximum absolute atomic E-state index is 12.4. The molecule has 2 fully saturated rings. The van der Waals surface area contributed by atoms with Crippen molar-refractivity contribution in [3.63, 3.8) is 0 Å². The van der Waals surface area contributed by atoms with Gasteiger partial charge in [-0.25, -0.2) is 0 Å². The molecule has 120 valence electrons. The number of nitrogens with two attached hydrogens (primary N) is 1. The van der Waals surface area contributed by atoms with Gasteiger partial charge in [-0.2, -0.15) is 0 Å². The minimum Gasteiger partial charge on any atom is -0.469 e. The van der Waals surface area contributed by atoms with Gasteiger partial charge in [0.05, 0.1) is 19.6 Å². The van der Waals surface area contributed by atoms with Crippen molar-refractivity contribution in [3.8, 4) is 0 Å². The number of nitrogens with zero attached hydrogens (tertiary/aromatic N) is 2. The van der Waals surface area contributed by atoms with Crippen LogP contribution in [0.2, 0.25) is 0 Å². The first-order chi connectivity index (χ1) is 10.0. The summed E-state index contributed by atoms with van der Waals surface area (Å²) >= 11 is 0. The highest BCUT2D eigenvalue weighted by atomic mass is 16.5. The number of rotatable bonds is 4. The molecule has 1 amide bonds. The second-order valence-electron chi connectivity index (χ2n) is 6.29. The summed E-state index contributed by atoms with van der Waals surface area (Å²) in [5.41, 5.74) is 5.72. The summed E-state index contributed by atoms with van der Waals surface area (Å²) in [4.78, 5) is 28.0. The van der Waals surface area contributed by atoms with Crippen LogP contribution in [0.3, 0.4) is 0 Å². The largest absolute Gasteiger partial charge is 0.469 e. The predicted octanol–water partition coefficient (Wildman–Crippen LogP) is 0.0671. The average molecular weight is 297 g/mol. The molecule has 2 rings (SSSR count). The molecular weight excluding hydrogens is 270 g/mol. The molecule has 6 heteroatoms. The molecule has 2 saturated heterocycles. The van der Waals surface area contributed by atoms with Crippen LogP contribution in [0.15, 0.2) is 0 Å². The Morgan fingerprint density at radius 3 is 2.48 bits per heavy atom. The van der Waals surface area contributed by atoms with E-state index in [4.69, 9.17) is 10.5 Å². The van der Waals surface area contributed by atoms with Crippen LogP contribution in [-0.2, 0) is 14.3 Å². The molecule has 21 heavy (non-hydrogen) atoms. The third-order valence-corrected chi connectivity index (χ3v) is 4.84. The summed E-state index contributed by atoms with van der Waals surface area (Å²) in [6, 6.07) is 0.426. The first-order valence-electron chi connectivity index (χ1n) is 7.84. The van der Waals surface area contributed by atoms with Gasteiger partial charge in [0.1, 0.15) is 0 Å². The minimum absolute atomic E-state index is 0.0496. The van der Waals surface area contributed by atoms with Gasteiger partial charge in [-0.1, -0.05) is 0 Å². The van der Waals surface area contributed by atoms with Gasteiger partial charge in [0.15, 0.2) is 0 Å². The number of esters is 1. The second-order valence-corrected chi connectivity index (χ2v) is 6.29. The number of amides is 1. The highest BCUT2D eigenvalue weighted by Gasteiger charge is 2.32. The SMILES string of the molecule is COC(=O)C1CCN(C(=O)CN2CC(CN)CC2C)CC1. The van der Waals surface area contributed by atoms with Crippen LogP contribution in [0.25, 0.3) is 0 Å². The van der Waals surface area contributed by atoms with E-state index in [2.05, 4.69) is 11.8 Å². The van der Waals surface area contributed by atoms with E-state index in [9.17, 15) is 9.59 Å². The van der Waals surface area contributed by atoms with E-state index in [1.54, 1.807) is 0 Å². The van der Waals surface area contributed by atoms with Crippen molar-refractivity contribution in [2.45, 2.75) is 32.2 Å². The Labute approximate surface area is 126 Å². The lowest BCUT2D eigenvalue weighted by Crippen LogP contribution is -2.46. The number of piperidine rings is 1. The third-order valence-electron chi connectivity index (χ3n) is 4.84. The Morgan fingerprint density at radius 2 is 1.95 bits per heavy atom. The van der Waals surface area contributed by atoms with Gasteiger partial charge in [0.2, 0.25) is 5.91 Å². The number of likely N-dealkylation sites (tertiary alicyclic amines) is 2. The van der Waals surface area contributed by atoms with Crippen LogP contribution in [0.5, 0.6) is 0 Å². The normalized spacial score (nSPS) is 27.9. The van der Waals surface area contributed by atoms with Gasteiger partial charge in [0, 0.05) is 25.7 Å². The Kier molecular flexibility index (Phi) is 5.58. The Bertz CT molecular complexity index is 380. The van der Waals surface area contributed by atoms with Gasteiger partial charge >= 0.3 is 5.97 Å². The molecular formula is C15H27N3O3. The van der Waals surface area contributed by atoms with Crippen molar-refractivity contribution in [2.24, 2.45) is 17.6 Å². The highest BCUT2D eigenvalue weighted by molar-refractivity contribution is 5.79. The Morgan fingerprint density at radius 1 is 1.29 bits per heavy atom. The van der Waals surface area contributed by atoms with E-state index in [-0.39, 0.29) is 17.8 Å². The molecule has 2 heterocycles. The monoisotopic (exact) mass is 297 g/mol. The smallest absolute Gasteiger partial charge is 0.308 e. The van der Waals surface area contributed by atoms with E-state index >= 15 is 0 Å². The van der Waals surface area contributed by atoms with E-state index in [0.29, 0.717) is 51.0 Å². The maximum Gasteiger partial charge on any atom is 0.308 e. The fourth-order valence-electron chi connectivity index (χ4n) is 3.41. The standard InChI is InChI=1S/C15H27N3O3/c1-11-7-12(8-16)9-18(11)10-14(19)17-5-3-13(4-6-17)15(20)21-2/h11-13H,3-10,16H2,1-2H3. The lowest BCUT2D eigenvalue weighted by atomic mass is 9.97. The second kappa shape index (κ2) is 7.22. The van der Waals surface area contributed by atoms with Crippen LogP contribution in [0.1, 0.15) is 26.2 Å². The van der Waals surface area contributed by atoms with Gasteiger partial charge in [-0.3, -0.25) is 14.5 Å². The zero-order valence-electron chi connectivity index (χ0n) is 13.1. The first-order valence-corrected chi connectivity index (χ1v) is 7.84. The summed E-state index contributed by atoms with van der Waals surface area (Å²) in [5, 5.41) is 0. The minimum atomic E-state index is -0.152. The number of methoxy groups -OCH3 is 1. The Hall–Kier alpha value is -1.14. The summed E-state index contributed by atoms with van der Waals surface area (Å²) in [6.07, 6.45) is 2.49. The molecule has 0 aromatic carbocycles. The fraction of sp³-hybridized carbons (Fsp3) is 0.867. The van der Waals surface area contributed by atoms with Crippen LogP contribution >= 0.6 is 0 Å². The van der Waals surface area contributed by atoms with Crippen molar-refractivity contribution in [1.29, 1.82) is 0 Å². The van der Waals surface area contributed by atoms with Gasteiger partial charge in [-0.15, -0.1) is 0 Å². The molecule has 6 nitrogen and oxygen atoms in total. The average Bonchev–Trinajstić information content (AvgIpc) is 2.86. The zero-order chi connectivity index (χ0) is 15.4. The van der Waals surface area contributed by atoms with E-state index in [0.717, 1.165) is 13.0 Å². The Balaban J connectivity index is 1.79. The van der Waals surface area contributed by atoms with Gasteiger partial charge in [-0.05, 0) is 38.6 Å². The molecule has 0 aromatic heterocycles. The summed E-state index contributed by atoms with van der Waals surface area (Å²) < 4.78 is 4.77. The summed E-state index contributed by atoms with van der Waals surface area (Å²) in [6.45, 7) is 5.55. The first kappa shape index (κ1) is 16.2. The molecule has 2 atom stereocenters. The topological polar surface area (TPSA) is 75.9 Å². The van der Waals surface area contributed by atoms with Gasteiger partial charge < -0.3 is 15.4 Å². The molecule has 2 unspecified atom stereocenters. The predicted molar refractivity (Wildman–Crippen MR) is 79.5 cm³/mol. The molecule has 0 saturated carbocycles. The van der Waals surface area contributed by atoms with Crippen LogP contribution in [0.4, 0.5) is 0 Å².